The third kappa shape index (κ3) is 2.99. The van der Waals surface area contributed by atoms with Gasteiger partial charge in [0, 0.05) is 5.56 Å². The Bertz CT molecular complexity index is 371. The number of carboxylic acid groups (broad SMARTS) is 1. The van der Waals surface area contributed by atoms with Gasteiger partial charge in [0.15, 0.2) is 0 Å². The predicted octanol–water partition coefficient (Wildman–Crippen LogP) is 3.26. The molecule has 0 aromatic heterocycles. The summed E-state index contributed by atoms with van der Waals surface area (Å²) in [5.74, 6) is -0.244. The Morgan fingerprint density at radius 1 is 1.50 bits per heavy atom. The van der Waals surface area contributed by atoms with Gasteiger partial charge in [-0.2, -0.15) is 0 Å². The van der Waals surface area contributed by atoms with Gasteiger partial charge in [-0.25, -0.2) is 4.79 Å². The largest absolute Gasteiger partial charge is 0.490 e. The lowest BCUT2D eigenvalue weighted by Gasteiger charge is -2.16. The maximum Gasteiger partial charge on any atom is 0.336 e. The molecule has 1 atom stereocenters. The fraction of sp³-hybridized carbons (Fsp3) is 0.462. The summed E-state index contributed by atoms with van der Waals surface area (Å²) in [6, 6.07) is 5.12. The van der Waals surface area contributed by atoms with Crippen molar-refractivity contribution in [1.82, 2.24) is 0 Å². The van der Waals surface area contributed by atoms with Crippen molar-refractivity contribution < 1.29 is 14.6 Å². The van der Waals surface area contributed by atoms with Crippen molar-refractivity contribution in [2.45, 2.75) is 39.7 Å². The summed E-state index contributed by atoms with van der Waals surface area (Å²) >= 11 is 0. The van der Waals surface area contributed by atoms with Gasteiger partial charge in [-0.1, -0.05) is 19.4 Å². The number of benzene rings is 1. The number of rotatable bonds is 5. The highest BCUT2D eigenvalue weighted by Crippen LogP contribution is 2.23. The normalized spacial score (nSPS) is 12.2. The standard InChI is InChI=1S/C13H18O3/c1-4-6-9(2)16-12-8-5-7-11(10(12)3)13(14)15/h5,7-9H,4,6H2,1-3H3,(H,14,15). The molecule has 1 unspecified atom stereocenters. The van der Waals surface area contributed by atoms with Gasteiger partial charge < -0.3 is 9.84 Å². The van der Waals surface area contributed by atoms with Crippen molar-refractivity contribution in [1.29, 1.82) is 0 Å². The van der Waals surface area contributed by atoms with E-state index < -0.39 is 5.97 Å². The van der Waals surface area contributed by atoms with E-state index in [1.165, 1.54) is 0 Å². The molecule has 0 bridgehead atoms. The van der Waals surface area contributed by atoms with Gasteiger partial charge >= 0.3 is 5.97 Å². The lowest BCUT2D eigenvalue weighted by molar-refractivity contribution is 0.0695. The number of carbonyl (C=O) groups is 1. The molecule has 0 aliphatic rings. The first-order valence-electron chi connectivity index (χ1n) is 5.55. The van der Waals surface area contributed by atoms with Crippen molar-refractivity contribution in [3.63, 3.8) is 0 Å². The highest BCUT2D eigenvalue weighted by molar-refractivity contribution is 5.90. The van der Waals surface area contributed by atoms with Crippen LogP contribution in [0.25, 0.3) is 0 Å². The fourth-order valence-corrected chi connectivity index (χ4v) is 1.66. The van der Waals surface area contributed by atoms with Gasteiger partial charge in [-0.05, 0) is 32.4 Å². The number of aromatic carboxylic acids is 1. The quantitative estimate of drug-likeness (QED) is 0.831. The van der Waals surface area contributed by atoms with Crippen LogP contribution in [0.5, 0.6) is 5.75 Å². The zero-order valence-electron chi connectivity index (χ0n) is 9.99. The number of carboxylic acids is 1. The van der Waals surface area contributed by atoms with Crippen molar-refractivity contribution >= 4 is 5.97 Å². The molecule has 0 heterocycles. The van der Waals surface area contributed by atoms with Crippen molar-refractivity contribution in [2.24, 2.45) is 0 Å². The van der Waals surface area contributed by atoms with Gasteiger partial charge in [-0.3, -0.25) is 0 Å². The lowest BCUT2D eigenvalue weighted by atomic mass is 10.1. The second kappa shape index (κ2) is 5.54. The Morgan fingerprint density at radius 2 is 2.19 bits per heavy atom. The Kier molecular flexibility index (Phi) is 4.35. The molecule has 0 fully saturated rings. The van der Waals surface area contributed by atoms with Gasteiger partial charge in [0.05, 0.1) is 11.7 Å². The van der Waals surface area contributed by atoms with Gasteiger partial charge in [-0.15, -0.1) is 0 Å². The van der Waals surface area contributed by atoms with Crippen LogP contribution in [0.1, 0.15) is 42.6 Å². The summed E-state index contributed by atoms with van der Waals surface area (Å²) in [5.41, 5.74) is 0.999. The van der Waals surface area contributed by atoms with Crippen LogP contribution < -0.4 is 4.74 Å². The number of hydrogen-bond donors (Lipinski definition) is 1. The molecule has 0 aliphatic carbocycles. The van der Waals surface area contributed by atoms with E-state index in [0.29, 0.717) is 16.9 Å². The monoisotopic (exact) mass is 222 g/mol. The highest BCUT2D eigenvalue weighted by atomic mass is 16.5. The van der Waals surface area contributed by atoms with Crippen molar-refractivity contribution in [3.8, 4) is 5.75 Å². The Morgan fingerprint density at radius 3 is 2.75 bits per heavy atom. The van der Waals surface area contributed by atoms with Gasteiger partial charge in [0.2, 0.25) is 0 Å². The molecular formula is C13H18O3. The summed E-state index contributed by atoms with van der Waals surface area (Å²) in [6.07, 6.45) is 2.14. The first-order chi connectivity index (χ1) is 7.56. The molecule has 1 rings (SSSR count). The Hall–Kier alpha value is -1.51. The SMILES string of the molecule is CCCC(C)Oc1cccc(C(=O)O)c1C. The molecule has 88 valence electrons. The van der Waals surface area contributed by atoms with E-state index in [-0.39, 0.29) is 6.10 Å². The third-order valence-electron chi connectivity index (χ3n) is 2.54. The minimum atomic E-state index is -0.911. The average Bonchev–Trinajstić information content (AvgIpc) is 2.21. The predicted molar refractivity (Wildman–Crippen MR) is 63.1 cm³/mol. The summed E-state index contributed by atoms with van der Waals surface area (Å²) in [5, 5.41) is 8.97. The summed E-state index contributed by atoms with van der Waals surface area (Å²) in [4.78, 5) is 10.9. The fourth-order valence-electron chi connectivity index (χ4n) is 1.66. The molecule has 0 saturated carbocycles. The number of ether oxygens (including phenoxy) is 1. The van der Waals surface area contributed by atoms with Crippen LogP contribution in [0.3, 0.4) is 0 Å². The zero-order valence-corrected chi connectivity index (χ0v) is 9.99. The van der Waals surface area contributed by atoms with Crippen LogP contribution in [0.4, 0.5) is 0 Å². The molecule has 0 saturated heterocycles. The molecular weight excluding hydrogens is 204 g/mol. The second-order valence-corrected chi connectivity index (χ2v) is 3.95. The topological polar surface area (TPSA) is 46.5 Å². The van der Waals surface area contributed by atoms with Crippen LogP contribution in [0.2, 0.25) is 0 Å². The van der Waals surface area contributed by atoms with E-state index in [0.717, 1.165) is 12.8 Å². The van der Waals surface area contributed by atoms with E-state index in [9.17, 15) is 4.79 Å². The molecule has 1 aromatic rings. The minimum absolute atomic E-state index is 0.118. The maximum absolute atomic E-state index is 10.9. The second-order valence-electron chi connectivity index (χ2n) is 3.95. The van der Waals surface area contributed by atoms with Crippen molar-refractivity contribution in [3.05, 3.63) is 29.3 Å². The van der Waals surface area contributed by atoms with Crippen LogP contribution in [0, 0.1) is 6.92 Å². The summed E-state index contributed by atoms with van der Waals surface area (Å²) < 4.78 is 5.71. The van der Waals surface area contributed by atoms with E-state index >= 15 is 0 Å². The van der Waals surface area contributed by atoms with E-state index in [1.54, 1.807) is 19.1 Å². The molecule has 1 N–H and O–H groups in total. The van der Waals surface area contributed by atoms with E-state index in [2.05, 4.69) is 6.92 Å². The zero-order chi connectivity index (χ0) is 12.1. The van der Waals surface area contributed by atoms with E-state index in [1.807, 2.05) is 13.0 Å². The molecule has 16 heavy (non-hydrogen) atoms. The van der Waals surface area contributed by atoms with Crippen LogP contribution in [0.15, 0.2) is 18.2 Å². The third-order valence-corrected chi connectivity index (χ3v) is 2.54. The average molecular weight is 222 g/mol. The summed E-state index contributed by atoms with van der Waals surface area (Å²) in [7, 11) is 0. The van der Waals surface area contributed by atoms with E-state index in [4.69, 9.17) is 9.84 Å². The molecule has 0 aliphatic heterocycles. The molecule has 3 nitrogen and oxygen atoms in total. The van der Waals surface area contributed by atoms with Gasteiger partial charge in [0.1, 0.15) is 5.75 Å². The van der Waals surface area contributed by atoms with Crippen LogP contribution in [-0.2, 0) is 0 Å². The lowest BCUT2D eigenvalue weighted by Crippen LogP contribution is -2.12. The molecule has 0 amide bonds. The smallest absolute Gasteiger partial charge is 0.336 e. The first-order valence-corrected chi connectivity index (χ1v) is 5.55. The van der Waals surface area contributed by atoms with Gasteiger partial charge in [0.25, 0.3) is 0 Å². The number of hydrogen-bond acceptors (Lipinski definition) is 2. The maximum atomic E-state index is 10.9. The van der Waals surface area contributed by atoms with Crippen molar-refractivity contribution in [2.75, 3.05) is 0 Å². The highest BCUT2D eigenvalue weighted by Gasteiger charge is 2.12. The molecule has 0 radical (unpaired) electrons. The molecule has 0 spiro atoms. The molecule has 3 heteroatoms. The summed E-state index contributed by atoms with van der Waals surface area (Å²) in [6.45, 7) is 5.87. The Balaban J connectivity index is 2.89. The molecule has 1 aromatic carbocycles. The van der Waals surface area contributed by atoms with Crippen LogP contribution >= 0.6 is 0 Å². The van der Waals surface area contributed by atoms with Crippen LogP contribution in [-0.4, -0.2) is 17.2 Å². The Labute approximate surface area is 96.1 Å². The minimum Gasteiger partial charge on any atom is -0.490 e. The first kappa shape index (κ1) is 12.6.